The summed E-state index contributed by atoms with van der Waals surface area (Å²) in [6, 6.07) is 7.33. The molecule has 1 heterocycles. The lowest BCUT2D eigenvalue weighted by Crippen LogP contribution is -2.23. The van der Waals surface area contributed by atoms with Gasteiger partial charge in [-0.05, 0) is 29.0 Å². The highest BCUT2D eigenvalue weighted by atomic mass is 16.5. The number of aromatic nitrogens is 4. The van der Waals surface area contributed by atoms with Crippen LogP contribution in [0, 0.1) is 6.92 Å². The number of ether oxygens (including phenoxy) is 1. The number of nitrogens with zero attached hydrogens (tertiary/aromatic N) is 4. The van der Waals surface area contributed by atoms with E-state index in [1.54, 1.807) is 6.07 Å². The van der Waals surface area contributed by atoms with Gasteiger partial charge in [-0.2, -0.15) is 0 Å². The number of esters is 1. The van der Waals surface area contributed by atoms with Crippen LogP contribution in [0.4, 0.5) is 5.69 Å². The van der Waals surface area contributed by atoms with E-state index in [1.165, 1.54) is 11.0 Å². The molecule has 1 amide bonds. The van der Waals surface area contributed by atoms with E-state index in [2.05, 4.69) is 20.8 Å². The van der Waals surface area contributed by atoms with E-state index in [-0.39, 0.29) is 13.2 Å². The van der Waals surface area contributed by atoms with E-state index >= 15 is 0 Å². The Balaban J connectivity index is 1.78. The zero-order valence-corrected chi connectivity index (χ0v) is 10.8. The molecule has 8 nitrogen and oxygen atoms in total. The molecule has 0 aliphatic rings. The fourth-order valence-electron chi connectivity index (χ4n) is 1.48. The molecule has 0 saturated heterocycles. The Morgan fingerprint density at radius 1 is 1.35 bits per heavy atom. The smallest absolute Gasteiger partial charge is 0.328 e. The third kappa shape index (κ3) is 3.87. The molecule has 1 aromatic carbocycles. The summed E-state index contributed by atoms with van der Waals surface area (Å²) in [6.07, 6.45) is 1.29. The van der Waals surface area contributed by atoms with Gasteiger partial charge < -0.3 is 10.1 Å². The van der Waals surface area contributed by atoms with Gasteiger partial charge in [-0.15, -0.1) is 5.10 Å². The van der Waals surface area contributed by atoms with E-state index in [1.807, 2.05) is 25.1 Å². The molecular weight excluding hydrogens is 262 g/mol. The minimum atomic E-state index is -0.586. The summed E-state index contributed by atoms with van der Waals surface area (Å²) in [5, 5.41) is 12.9. The average molecular weight is 275 g/mol. The number of benzene rings is 1. The molecule has 0 aliphatic carbocycles. The summed E-state index contributed by atoms with van der Waals surface area (Å²) in [4.78, 5) is 23.1. The van der Waals surface area contributed by atoms with Gasteiger partial charge in [-0.25, -0.2) is 4.68 Å². The molecule has 1 aromatic heterocycles. The van der Waals surface area contributed by atoms with Crippen LogP contribution in [0.15, 0.2) is 30.6 Å². The highest BCUT2D eigenvalue weighted by molar-refractivity contribution is 5.93. The minimum absolute atomic E-state index is 0.134. The second-order valence-electron chi connectivity index (χ2n) is 4.03. The molecule has 0 radical (unpaired) electrons. The number of amides is 1. The maximum Gasteiger partial charge on any atom is 0.328 e. The number of hydrogen-bond donors (Lipinski definition) is 1. The highest BCUT2D eigenvalue weighted by Crippen LogP contribution is 2.12. The molecule has 0 atom stereocenters. The van der Waals surface area contributed by atoms with Crippen LogP contribution in [-0.2, 0) is 20.9 Å². The summed E-state index contributed by atoms with van der Waals surface area (Å²) in [5.41, 5.74) is 1.62. The Bertz CT molecular complexity index is 597. The van der Waals surface area contributed by atoms with E-state index in [4.69, 9.17) is 4.74 Å². The third-order valence-corrected chi connectivity index (χ3v) is 2.47. The third-order valence-electron chi connectivity index (χ3n) is 2.47. The lowest BCUT2D eigenvalue weighted by atomic mass is 10.2. The number of hydrogen-bond acceptors (Lipinski definition) is 6. The van der Waals surface area contributed by atoms with Crippen molar-refractivity contribution >= 4 is 17.6 Å². The zero-order chi connectivity index (χ0) is 14.4. The van der Waals surface area contributed by atoms with Crippen molar-refractivity contribution < 1.29 is 14.3 Å². The van der Waals surface area contributed by atoms with Gasteiger partial charge in [0.15, 0.2) is 6.61 Å². The van der Waals surface area contributed by atoms with E-state index in [0.29, 0.717) is 5.69 Å². The SMILES string of the molecule is Cc1ccccc1NC(=O)COC(=O)Cn1cnnn1. The summed E-state index contributed by atoms with van der Waals surface area (Å²) >= 11 is 0. The van der Waals surface area contributed by atoms with Gasteiger partial charge >= 0.3 is 5.97 Å². The van der Waals surface area contributed by atoms with Crippen LogP contribution in [-0.4, -0.2) is 38.7 Å². The average Bonchev–Trinajstić information content (AvgIpc) is 2.92. The Hall–Kier alpha value is -2.77. The maximum absolute atomic E-state index is 11.6. The molecule has 104 valence electrons. The van der Waals surface area contributed by atoms with E-state index < -0.39 is 11.9 Å². The van der Waals surface area contributed by atoms with Crippen LogP contribution >= 0.6 is 0 Å². The number of aryl methyl sites for hydroxylation is 1. The van der Waals surface area contributed by atoms with Crippen molar-refractivity contribution in [2.24, 2.45) is 0 Å². The first-order valence-electron chi connectivity index (χ1n) is 5.87. The minimum Gasteiger partial charge on any atom is -0.454 e. The molecule has 0 bridgehead atoms. The van der Waals surface area contributed by atoms with Crippen LogP contribution < -0.4 is 5.32 Å². The summed E-state index contributed by atoms with van der Waals surface area (Å²) < 4.78 is 6.03. The Labute approximate surface area is 114 Å². The van der Waals surface area contributed by atoms with Gasteiger partial charge in [-0.3, -0.25) is 9.59 Å². The van der Waals surface area contributed by atoms with Gasteiger partial charge in [0.25, 0.3) is 5.91 Å². The van der Waals surface area contributed by atoms with Gasteiger partial charge in [0.05, 0.1) is 0 Å². The number of carbonyl (C=O) groups excluding carboxylic acids is 2. The molecule has 2 rings (SSSR count). The van der Waals surface area contributed by atoms with Crippen LogP contribution in [0.5, 0.6) is 0 Å². The predicted octanol–water partition coefficient (Wildman–Crippen LogP) is 0.163. The molecule has 0 fully saturated rings. The summed E-state index contributed by atoms with van der Waals surface area (Å²) in [5.74, 6) is -0.985. The predicted molar refractivity (Wildman–Crippen MR) is 68.6 cm³/mol. The number of tetrazole rings is 1. The van der Waals surface area contributed by atoms with Crippen molar-refractivity contribution in [3.8, 4) is 0 Å². The van der Waals surface area contributed by atoms with Gasteiger partial charge in [0.1, 0.15) is 12.9 Å². The first-order chi connectivity index (χ1) is 9.65. The molecule has 0 saturated carbocycles. The second kappa shape index (κ2) is 6.41. The fourth-order valence-corrected chi connectivity index (χ4v) is 1.48. The molecule has 0 unspecified atom stereocenters. The molecule has 0 aliphatic heterocycles. The van der Waals surface area contributed by atoms with Gasteiger partial charge in [0, 0.05) is 5.69 Å². The largest absolute Gasteiger partial charge is 0.454 e. The number of para-hydroxylation sites is 1. The number of anilines is 1. The first-order valence-corrected chi connectivity index (χ1v) is 5.87. The Kier molecular flexibility index (Phi) is 4.38. The second-order valence-corrected chi connectivity index (χ2v) is 4.03. The zero-order valence-electron chi connectivity index (χ0n) is 10.8. The normalized spacial score (nSPS) is 10.1. The summed E-state index contributed by atoms with van der Waals surface area (Å²) in [7, 11) is 0. The molecule has 1 N–H and O–H groups in total. The van der Waals surface area contributed by atoms with Gasteiger partial charge in [-0.1, -0.05) is 18.2 Å². The molecular formula is C12H13N5O3. The van der Waals surface area contributed by atoms with Crippen LogP contribution in [0.1, 0.15) is 5.56 Å². The van der Waals surface area contributed by atoms with Crippen molar-refractivity contribution in [3.05, 3.63) is 36.2 Å². The van der Waals surface area contributed by atoms with Crippen molar-refractivity contribution in [3.63, 3.8) is 0 Å². The Morgan fingerprint density at radius 3 is 2.85 bits per heavy atom. The number of rotatable bonds is 5. The van der Waals surface area contributed by atoms with E-state index in [0.717, 1.165) is 5.56 Å². The maximum atomic E-state index is 11.6. The van der Waals surface area contributed by atoms with E-state index in [9.17, 15) is 9.59 Å². The van der Waals surface area contributed by atoms with Crippen LogP contribution in [0.2, 0.25) is 0 Å². The quantitative estimate of drug-likeness (QED) is 0.780. The fraction of sp³-hybridized carbons (Fsp3) is 0.250. The monoisotopic (exact) mass is 275 g/mol. The van der Waals surface area contributed by atoms with Crippen molar-refractivity contribution in [2.75, 3.05) is 11.9 Å². The van der Waals surface area contributed by atoms with Crippen molar-refractivity contribution in [1.29, 1.82) is 0 Å². The number of carbonyl (C=O) groups is 2. The van der Waals surface area contributed by atoms with Crippen molar-refractivity contribution in [1.82, 2.24) is 20.2 Å². The molecule has 20 heavy (non-hydrogen) atoms. The Morgan fingerprint density at radius 2 is 2.15 bits per heavy atom. The lowest BCUT2D eigenvalue weighted by molar-refractivity contribution is -0.148. The standard InChI is InChI=1S/C12H13N5O3/c1-9-4-2-3-5-10(9)14-11(18)7-20-12(19)6-17-8-13-15-16-17/h2-5,8H,6-7H2,1H3,(H,14,18). The topological polar surface area (TPSA) is 99.0 Å². The van der Waals surface area contributed by atoms with Crippen LogP contribution in [0.25, 0.3) is 0 Å². The van der Waals surface area contributed by atoms with Crippen molar-refractivity contribution in [2.45, 2.75) is 13.5 Å². The summed E-state index contributed by atoms with van der Waals surface area (Å²) in [6.45, 7) is 1.39. The lowest BCUT2D eigenvalue weighted by Gasteiger charge is -2.08. The first kappa shape index (κ1) is 13.7. The highest BCUT2D eigenvalue weighted by Gasteiger charge is 2.09. The number of nitrogens with one attached hydrogen (secondary N) is 1. The van der Waals surface area contributed by atoms with Gasteiger partial charge in [0.2, 0.25) is 0 Å². The van der Waals surface area contributed by atoms with Crippen LogP contribution in [0.3, 0.4) is 0 Å². The molecule has 2 aromatic rings. The molecule has 0 spiro atoms. The molecule has 8 heteroatoms.